The summed E-state index contributed by atoms with van der Waals surface area (Å²) in [6, 6.07) is 18.5. The molecule has 23 heavy (non-hydrogen) atoms. The molecular formula is C17H20N2O3S. The maximum atomic E-state index is 12.1. The van der Waals surface area contributed by atoms with E-state index in [9.17, 15) is 13.2 Å². The average molecular weight is 332 g/mol. The molecule has 0 fully saturated rings. The molecule has 2 N–H and O–H groups in total. The Labute approximate surface area is 136 Å². The van der Waals surface area contributed by atoms with E-state index >= 15 is 0 Å². The Bertz CT molecular complexity index is 691. The van der Waals surface area contributed by atoms with Crippen LogP contribution in [0.5, 0.6) is 0 Å². The van der Waals surface area contributed by atoms with Crippen molar-refractivity contribution < 1.29 is 13.2 Å². The van der Waals surface area contributed by atoms with Gasteiger partial charge in [0.25, 0.3) is 0 Å². The predicted molar refractivity (Wildman–Crippen MR) is 91.0 cm³/mol. The standard InChI is InChI=1S/C17H20N2O3S/c1-23(21,22)13-12-18-17(20)19-16(14-8-4-2-5-9-14)15-10-6-3-7-11-15/h2-11,16H,12-13H2,1H3,(H2,18,19,20). The second-order valence-corrected chi connectivity index (χ2v) is 7.54. The number of sulfone groups is 1. The lowest BCUT2D eigenvalue weighted by molar-refractivity contribution is 0.239. The highest BCUT2D eigenvalue weighted by Gasteiger charge is 2.16. The molecule has 0 spiro atoms. The third kappa shape index (κ3) is 5.75. The first-order valence-electron chi connectivity index (χ1n) is 7.28. The van der Waals surface area contributed by atoms with Gasteiger partial charge in [0.1, 0.15) is 9.84 Å². The number of hydrogen-bond donors (Lipinski definition) is 2. The summed E-state index contributed by atoms with van der Waals surface area (Å²) in [7, 11) is -3.10. The summed E-state index contributed by atoms with van der Waals surface area (Å²) in [6.07, 6.45) is 1.14. The van der Waals surface area contributed by atoms with Gasteiger partial charge >= 0.3 is 6.03 Å². The van der Waals surface area contributed by atoms with Crippen LogP contribution in [-0.2, 0) is 9.84 Å². The number of benzene rings is 2. The van der Waals surface area contributed by atoms with Crippen LogP contribution >= 0.6 is 0 Å². The first kappa shape index (κ1) is 17.0. The van der Waals surface area contributed by atoms with Crippen LogP contribution in [0.2, 0.25) is 0 Å². The van der Waals surface area contributed by atoms with E-state index in [0.29, 0.717) is 0 Å². The van der Waals surface area contributed by atoms with Crippen molar-refractivity contribution in [1.82, 2.24) is 10.6 Å². The highest BCUT2D eigenvalue weighted by molar-refractivity contribution is 7.90. The van der Waals surface area contributed by atoms with Gasteiger partial charge in [-0.1, -0.05) is 60.7 Å². The van der Waals surface area contributed by atoms with Gasteiger partial charge in [-0.15, -0.1) is 0 Å². The summed E-state index contributed by atoms with van der Waals surface area (Å²) >= 11 is 0. The molecule has 2 aromatic carbocycles. The van der Waals surface area contributed by atoms with Crippen molar-refractivity contribution in [2.24, 2.45) is 0 Å². The Kier molecular flexibility index (Phi) is 5.76. The van der Waals surface area contributed by atoms with Gasteiger partial charge in [-0.25, -0.2) is 13.2 Å². The molecule has 0 aliphatic rings. The number of amides is 2. The third-order valence-electron chi connectivity index (χ3n) is 3.30. The van der Waals surface area contributed by atoms with E-state index in [1.165, 1.54) is 0 Å². The highest BCUT2D eigenvalue weighted by Crippen LogP contribution is 2.21. The van der Waals surface area contributed by atoms with E-state index < -0.39 is 15.9 Å². The summed E-state index contributed by atoms with van der Waals surface area (Å²) in [6.45, 7) is 0.0843. The Morgan fingerprint density at radius 1 is 0.957 bits per heavy atom. The Hall–Kier alpha value is -2.34. The fraction of sp³-hybridized carbons (Fsp3) is 0.235. The van der Waals surface area contributed by atoms with Gasteiger partial charge in [0.2, 0.25) is 0 Å². The van der Waals surface area contributed by atoms with Crippen molar-refractivity contribution in [2.75, 3.05) is 18.6 Å². The van der Waals surface area contributed by atoms with Gasteiger partial charge in [-0.3, -0.25) is 0 Å². The molecule has 2 amide bonds. The van der Waals surface area contributed by atoms with Crippen LogP contribution in [0.3, 0.4) is 0 Å². The highest BCUT2D eigenvalue weighted by atomic mass is 32.2. The fourth-order valence-corrected chi connectivity index (χ4v) is 2.66. The van der Waals surface area contributed by atoms with Crippen molar-refractivity contribution >= 4 is 15.9 Å². The van der Waals surface area contributed by atoms with Gasteiger partial charge in [-0.2, -0.15) is 0 Å². The Morgan fingerprint density at radius 2 is 1.43 bits per heavy atom. The zero-order valence-electron chi connectivity index (χ0n) is 12.9. The predicted octanol–water partition coefficient (Wildman–Crippen LogP) is 2.12. The summed E-state index contributed by atoms with van der Waals surface area (Å²) in [5.41, 5.74) is 1.91. The van der Waals surface area contributed by atoms with Crippen LogP contribution in [0, 0.1) is 0 Å². The molecule has 0 aliphatic carbocycles. The summed E-state index contributed by atoms with van der Waals surface area (Å²) in [4.78, 5) is 12.1. The molecule has 0 saturated carbocycles. The van der Waals surface area contributed by atoms with Gasteiger partial charge in [-0.05, 0) is 11.1 Å². The minimum atomic E-state index is -3.10. The molecule has 0 radical (unpaired) electrons. The van der Waals surface area contributed by atoms with Crippen molar-refractivity contribution in [2.45, 2.75) is 6.04 Å². The number of nitrogens with one attached hydrogen (secondary N) is 2. The normalized spacial score (nSPS) is 11.2. The number of urea groups is 1. The lowest BCUT2D eigenvalue weighted by Gasteiger charge is -2.20. The van der Waals surface area contributed by atoms with Crippen molar-refractivity contribution in [1.29, 1.82) is 0 Å². The van der Waals surface area contributed by atoms with Gasteiger partial charge in [0.05, 0.1) is 11.8 Å². The first-order valence-corrected chi connectivity index (χ1v) is 9.34. The largest absolute Gasteiger partial charge is 0.337 e. The topological polar surface area (TPSA) is 75.3 Å². The minimum Gasteiger partial charge on any atom is -0.337 e. The van der Waals surface area contributed by atoms with Crippen LogP contribution in [-0.4, -0.2) is 33.0 Å². The van der Waals surface area contributed by atoms with Gasteiger partial charge in [0, 0.05) is 12.8 Å². The van der Waals surface area contributed by atoms with Gasteiger partial charge in [0.15, 0.2) is 0 Å². The monoisotopic (exact) mass is 332 g/mol. The SMILES string of the molecule is CS(=O)(=O)CCNC(=O)NC(c1ccccc1)c1ccccc1. The Balaban J connectivity index is 2.08. The average Bonchev–Trinajstić information content (AvgIpc) is 2.53. The molecule has 122 valence electrons. The molecule has 2 rings (SSSR count). The van der Waals surface area contributed by atoms with E-state index in [1.807, 2.05) is 60.7 Å². The number of carbonyl (C=O) groups is 1. The summed E-state index contributed by atoms with van der Waals surface area (Å²) < 4.78 is 22.2. The molecule has 0 saturated heterocycles. The quantitative estimate of drug-likeness (QED) is 0.851. The summed E-state index contributed by atoms with van der Waals surface area (Å²) in [5.74, 6) is -0.0816. The van der Waals surface area contributed by atoms with Crippen molar-refractivity contribution in [3.63, 3.8) is 0 Å². The van der Waals surface area contributed by atoms with E-state index in [0.717, 1.165) is 17.4 Å². The fourth-order valence-electron chi connectivity index (χ4n) is 2.18. The lowest BCUT2D eigenvalue weighted by Crippen LogP contribution is -2.40. The van der Waals surface area contributed by atoms with Crippen molar-refractivity contribution in [3.8, 4) is 0 Å². The molecule has 6 heteroatoms. The van der Waals surface area contributed by atoms with E-state index in [2.05, 4.69) is 10.6 Å². The van der Waals surface area contributed by atoms with Crippen LogP contribution in [0.4, 0.5) is 4.79 Å². The lowest BCUT2D eigenvalue weighted by atomic mass is 9.99. The second-order valence-electron chi connectivity index (χ2n) is 5.28. The molecule has 0 heterocycles. The van der Waals surface area contributed by atoms with E-state index in [4.69, 9.17) is 0 Å². The van der Waals surface area contributed by atoms with Crippen LogP contribution in [0.15, 0.2) is 60.7 Å². The second kappa shape index (κ2) is 7.78. The third-order valence-corrected chi connectivity index (χ3v) is 4.25. The Morgan fingerprint density at radius 3 is 1.87 bits per heavy atom. The number of carbonyl (C=O) groups excluding carboxylic acids is 1. The molecule has 0 atom stereocenters. The van der Waals surface area contributed by atoms with E-state index in [-0.39, 0.29) is 18.3 Å². The maximum absolute atomic E-state index is 12.1. The van der Waals surface area contributed by atoms with Crippen LogP contribution in [0.1, 0.15) is 17.2 Å². The minimum absolute atomic E-state index is 0.0816. The molecule has 0 bridgehead atoms. The van der Waals surface area contributed by atoms with Crippen LogP contribution < -0.4 is 10.6 Å². The van der Waals surface area contributed by atoms with E-state index in [1.54, 1.807) is 0 Å². The first-order chi connectivity index (χ1) is 11.0. The smallest absolute Gasteiger partial charge is 0.315 e. The zero-order valence-corrected chi connectivity index (χ0v) is 13.7. The van der Waals surface area contributed by atoms with Gasteiger partial charge < -0.3 is 10.6 Å². The number of hydrogen-bond acceptors (Lipinski definition) is 3. The molecule has 0 aliphatic heterocycles. The molecular weight excluding hydrogens is 312 g/mol. The zero-order chi connectivity index (χ0) is 16.7. The van der Waals surface area contributed by atoms with Crippen LogP contribution in [0.25, 0.3) is 0 Å². The van der Waals surface area contributed by atoms with Crippen molar-refractivity contribution in [3.05, 3.63) is 71.8 Å². The molecule has 5 nitrogen and oxygen atoms in total. The molecule has 0 unspecified atom stereocenters. The summed E-state index contributed by atoms with van der Waals surface area (Å²) in [5, 5.41) is 5.47. The molecule has 0 aromatic heterocycles. The number of rotatable bonds is 6. The maximum Gasteiger partial charge on any atom is 0.315 e. The molecule has 2 aromatic rings.